The summed E-state index contributed by atoms with van der Waals surface area (Å²) in [5.74, 6) is 0.125. The first-order chi connectivity index (χ1) is 7.00. The average molecular weight is 274 g/mol. The molecule has 0 saturated heterocycles. The number of nitrogens with two attached hydrogens (primary N) is 1. The number of benzene rings is 1. The Balaban J connectivity index is 2.91. The quantitative estimate of drug-likeness (QED) is 0.915. The standard InChI is InChI=1S/C11H13BrFNO/c1-7(12)6-15-11-5-9(13)3-4-10(11)8(2)14/h3-5,8H,1,6,14H2,2H3. The highest BCUT2D eigenvalue weighted by atomic mass is 79.9. The first-order valence-corrected chi connectivity index (χ1v) is 5.31. The maximum Gasteiger partial charge on any atom is 0.127 e. The Morgan fingerprint density at radius 3 is 2.87 bits per heavy atom. The van der Waals surface area contributed by atoms with E-state index in [1.54, 1.807) is 6.07 Å². The first-order valence-electron chi connectivity index (χ1n) is 4.52. The number of hydrogen-bond acceptors (Lipinski definition) is 2. The summed E-state index contributed by atoms with van der Waals surface area (Å²) in [6.45, 7) is 5.75. The van der Waals surface area contributed by atoms with Crippen molar-refractivity contribution in [2.75, 3.05) is 6.61 Å². The Labute approximate surface area is 97.1 Å². The molecule has 0 aliphatic carbocycles. The van der Waals surface area contributed by atoms with Crippen molar-refractivity contribution in [1.29, 1.82) is 0 Å². The van der Waals surface area contributed by atoms with E-state index in [0.29, 0.717) is 16.8 Å². The second-order valence-corrected chi connectivity index (χ2v) is 4.40. The van der Waals surface area contributed by atoms with Gasteiger partial charge in [0.25, 0.3) is 0 Å². The molecule has 15 heavy (non-hydrogen) atoms. The summed E-state index contributed by atoms with van der Waals surface area (Å²) in [4.78, 5) is 0. The molecule has 0 saturated carbocycles. The first kappa shape index (κ1) is 12.2. The summed E-state index contributed by atoms with van der Waals surface area (Å²) in [5.41, 5.74) is 6.52. The van der Waals surface area contributed by atoms with Gasteiger partial charge in [0.05, 0.1) is 0 Å². The number of halogens is 2. The van der Waals surface area contributed by atoms with Crippen molar-refractivity contribution < 1.29 is 9.13 Å². The van der Waals surface area contributed by atoms with Gasteiger partial charge >= 0.3 is 0 Å². The van der Waals surface area contributed by atoms with Crippen LogP contribution in [0.2, 0.25) is 0 Å². The molecule has 0 amide bonds. The van der Waals surface area contributed by atoms with Crippen LogP contribution in [0.15, 0.2) is 29.3 Å². The van der Waals surface area contributed by atoms with Crippen molar-refractivity contribution in [1.82, 2.24) is 0 Å². The van der Waals surface area contributed by atoms with Gasteiger partial charge in [-0.2, -0.15) is 0 Å². The largest absolute Gasteiger partial charge is 0.488 e. The fourth-order valence-corrected chi connectivity index (χ4v) is 1.28. The molecular weight excluding hydrogens is 261 g/mol. The monoisotopic (exact) mass is 273 g/mol. The van der Waals surface area contributed by atoms with E-state index in [1.807, 2.05) is 6.92 Å². The van der Waals surface area contributed by atoms with Gasteiger partial charge in [-0.25, -0.2) is 4.39 Å². The Morgan fingerprint density at radius 1 is 1.67 bits per heavy atom. The fraction of sp³-hybridized carbons (Fsp3) is 0.273. The molecule has 0 spiro atoms. The molecule has 0 heterocycles. The fourth-order valence-electron chi connectivity index (χ4n) is 1.17. The molecule has 2 nitrogen and oxygen atoms in total. The molecule has 1 aromatic carbocycles. The van der Waals surface area contributed by atoms with E-state index in [9.17, 15) is 4.39 Å². The smallest absolute Gasteiger partial charge is 0.127 e. The summed E-state index contributed by atoms with van der Waals surface area (Å²) in [5, 5.41) is 0. The molecule has 0 aromatic heterocycles. The van der Waals surface area contributed by atoms with Gasteiger partial charge in [-0.3, -0.25) is 0 Å². The second-order valence-electron chi connectivity index (χ2n) is 3.28. The van der Waals surface area contributed by atoms with Gasteiger partial charge < -0.3 is 10.5 Å². The van der Waals surface area contributed by atoms with Crippen LogP contribution in [0.1, 0.15) is 18.5 Å². The molecule has 0 radical (unpaired) electrons. The van der Waals surface area contributed by atoms with E-state index in [0.717, 1.165) is 5.56 Å². The van der Waals surface area contributed by atoms with Gasteiger partial charge in [0.2, 0.25) is 0 Å². The lowest BCUT2D eigenvalue weighted by atomic mass is 10.1. The predicted molar refractivity (Wildman–Crippen MR) is 62.6 cm³/mol. The number of hydrogen-bond donors (Lipinski definition) is 1. The molecule has 0 bridgehead atoms. The number of rotatable bonds is 4. The van der Waals surface area contributed by atoms with E-state index in [4.69, 9.17) is 10.5 Å². The summed E-state index contributed by atoms with van der Waals surface area (Å²) in [7, 11) is 0. The molecular formula is C11H13BrFNO. The number of ether oxygens (including phenoxy) is 1. The molecule has 1 unspecified atom stereocenters. The van der Waals surface area contributed by atoms with Gasteiger partial charge in [0, 0.05) is 22.2 Å². The van der Waals surface area contributed by atoms with Crippen molar-refractivity contribution in [3.63, 3.8) is 0 Å². The molecule has 0 aliphatic heterocycles. The van der Waals surface area contributed by atoms with Crippen LogP contribution in [0.3, 0.4) is 0 Å². The molecule has 82 valence electrons. The van der Waals surface area contributed by atoms with Crippen LogP contribution >= 0.6 is 15.9 Å². The maximum absolute atomic E-state index is 13.0. The third-order valence-corrected chi connectivity index (χ3v) is 2.08. The zero-order valence-corrected chi connectivity index (χ0v) is 10.1. The molecule has 2 N–H and O–H groups in total. The normalized spacial score (nSPS) is 12.3. The second kappa shape index (κ2) is 5.28. The van der Waals surface area contributed by atoms with Crippen LogP contribution in [-0.2, 0) is 0 Å². The van der Waals surface area contributed by atoms with Crippen LogP contribution in [-0.4, -0.2) is 6.61 Å². The minimum atomic E-state index is -0.338. The van der Waals surface area contributed by atoms with Gasteiger partial charge in [0.1, 0.15) is 18.2 Å². The van der Waals surface area contributed by atoms with Crippen molar-refractivity contribution in [3.8, 4) is 5.75 Å². The third kappa shape index (κ3) is 3.64. The van der Waals surface area contributed by atoms with Crippen LogP contribution in [0.4, 0.5) is 4.39 Å². The Hall–Kier alpha value is -0.870. The Kier molecular flexibility index (Phi) is 4.29. The Morgan fingerprint density at radius 2 is 2.33 bits per heavy atom. The summed E-state index contributed by atoms with van der Waals surface area (Å²) in [6.07, 6.45) is 0. The SMILES string of the molecule is C=C(Br)COc1cc(F)ccc1C(C)N. The highest BCUT2D eigenvalue weighted by Gasteiger charge is 2.09. The van der Waals surface area contributed by atoms with Crippen LogP contribution in [0, 0.1) is 5.82 Å². The molecule has 1 atom stereocenters. The van der Waals surface area contributed by atoms with Gasteiger partial charge in [0.15, 0.2) is 0 Å². The van der Waals surface area contributed by atoms with E-state index in [1.165, 1.54) is 12.1 Å². The lowest BCUT2D eigenvalue weighted by molar-refractivity contribution is 0.352. The maximum atomic E-state index is 13.0. The molecule has 0 fully saturated rings. The van der Waals surface area contributed by atoms with Gasteiger partial charge in [-0.1, -0.05) is 28.6 Å². The molecule has 1 rings (SSSR count). The zero-order chi connectivity index (χ0) is 11.4. The van der Waals surface area contributed by atoms with E-state index >= 15 is 0 Å². The molecule has 1 aromatic rings. The van der Waals surface area contributed by atoms with Crippen LogP contribution in [0.5, 0.6) is 5.75 Å². The molecule has 4 heteroatoms. The third-order valence-electron chi connectivity index (χ3n) is 1.85. The van der Waals surface area contributed by atoms with Gasteiger partial charge in [-0.15, -0.1) is 0 Å². The topological polar surface area (TPSA) is 35.2 Å². The predicted octanol–water partition coefficient (Wildman–Crippen LogP) is 3.13. The van der Waals surface area contributed by atoms with Crippen LogP contribution < -0.4 is 10.5 Å². The van der Waals surface area contributed by atoms with Crippen molar-refractivity contribution >= 4 is 15.9 Å². The highest BCUT2D eigenvalue weighted by Crippen LogP contribution is 2.25. The summed E-state index contributed by atoms with van der Waals surface area (Å²) in [6, 6.07) is 4.14. The van der Waals surface area contributed by atoms with E-state index < -0.39 is 0 Å². The van der Waals surface area contributed by atoms with Crippen molar-refractivity contribution in [2.24, 2.45) is 5.73 Å². The van der Waals surface area contributed by atoms with Crippen molar-refractivity contribution in [3.05, 3.63) is 40.6 Å². The molecule has 0 aliphatic rings. The highest BCUT2D eigenvalue weighted by molar-refractivity contribution is 9.11. The average Bonchev–Trinajstić information content (AvgIpc) is 2.14. The van der Waals surface area contributed by atoms with Crippen molar-refractivity contribution in [2.45, 2.75) is 13.0 Å². The zero-order valence-electron chi connectivity index (χ0n) is 8.47. The summed E-state index contributed by atoms with van der Waals surface area (Å²) < 4.78 is 19.1. The minimum Gasteiger partial charge on any atom is -0.488 e. The lowest BCUT2D eigenvalue weighted by Crippen LogP contribution is -2.08. The van der Waals surface area contributed by atoms with Gasteiger partial charge in [-0.05, 0) is 13.0 Å². The Bertz CT molecular complexity index is 366. The van der Waals surface area contributed by atoms with E-state index in [2.05, 4.69) is 22.5 Å². The summed E-state index contributed by atoms with van der Waals surface area (Å²) >= 11 is 3.17. The van der Waals surface area contributed by atoms with E-state index in [-0.39, 0.29) is 11.9 Å². The van der Waals surface area contributed by atoms with Crippen LogP contribution in [0.25, 0.3) is 0 Å². The lowest BCUT2D eigenvalue weighted by Gasteiger charge is -2.13. The minimum absolute atomic E-state index is 0.191.